The van der Waals surface area contributed by atoms with Gasteiger partial charge in [0.05, 0.1) is 5.69 Å². The minimum absolute atomic E-state index is 0.0733. The second-order valence-corrected chi connectivity index (χ2v) is 6.98. The third-order valence-corrected chi connectivity index (χ3v) is 4.54. The maximum atomic E-state index is 14.8. The Morgan fingerprint density at radius 3 is 2.71 bits per heavy atom. The summed E-state index contributed by atoms with van der Waals surface area (Å²) in [6, 6.07) is 4.97. The zero-order valence-electron chi connectivity index (χ0n) is 16.2. The third-order valence-electron chi connectivity index (χ3n) is 4.54. The number of hydrogen-bond donors (Lipinski definition) is 2. The molecule has 3 aromatic rings. The number of nitrogens with zero attached hydrogens (tertiary/aromatic N) is 2. The van der Waals surface area contributed by atoms with Gasteiger partial charge in [0.2, 0.25) is 0 Å². The molecule has 2 heterocycles. The number of aromatic nitrogens is 3. The summed E-state index contributed by atoms with van der Waals surface area (Å²) in [5, 5.41) is 13.4. The van der Waals surface area contributed by atoms with Crippen molar-refractivity contribution in [2.45, 2.75) is 46.6 Å². The van der Waals surface area contributed by atoms with Gasteiger partial charge in [0.25, 0.3) is 0 Å². The Labute approximate surface area is 161 Å². The Hall–Kier alpha value is -3.16. The number of benzene rings is 1. The number of aryl methyl sites for hydroxylation is 1. The van der Waals surface area contributed by atoms with E-state index in [1.807, 2.05) is 20.8 Å². The molecule has 0 fully saturated rings. The van der Waals surface area contributed by atoms with Crippen molar-refractivity contribution in [1.82, 2.24) is 15.1 Å². The fourth-order valence-corrected chi connectivity index (χ4v) is 3.02. The van der Waals surface area contributed by atoms with E-state index in [1.54, 1.807) is 25.1 Å². The highest BCUT2D eigenvalue weighted by atomic mass is 19.1. The van der Waals surface area contributed by atoms with Crippen LogP contribution in [-0.4, -0.2) is 20.2 Å². The van der Waals surface area contributed by atoms with Gasteiger partial charge in [0.1, 0.15) is 12.4 Å². The number of aromatic hydroxyl groups is 1. The van der Waals surface area contributed by atoms with Gasteiger partial charge in [-0.3, -0.25) is 14.5 Å². The standard InChI is InChI=1S/C20H22FN3O4/c1-10(2)19-15(25)6-5-13(22-19)8-14-11(3)7-16(18(21)12(14)4)27-9-17-23-20(26)28-24-17/h5-7,10,25H,8-9H2,1-4H3,(H,23,24,26). The van der Waals surface area contributed by atoms with Gasteiger partial charge in [0.15, 0.2) is 17.4 Å². The number of hydrogen-bond acceptors (Lipinski definition) is 6. The monoisotopic (exact) mass is 387 g/mol. The highest BCUT2D eigenvalue weighted by Crippen LogP contribution is 2.30. The van der Waals surface area contributed by atoms with Crippen LogP contribution in [0, 0.1) is 19.7 Å². The molecule has 0 aliphatic carbocycles. The van der Waals surface area contributed by atoms with Gasteiger partial charge < -0.3 is 9.84 Å². The van der Waals surface area contributed by atoms with Gasteiger partial charge in [-0.25, -0.2) is 9.18 Å². The number of ether oxygens (including phenoxy) is 1. The summed E-state index contributed by atoms with van der Waals surface area (Å²) in [4.78, 5) is 17.8. The molecule has 0 radical (unpaired) electrons. The molecule has 2 aromatic heterocycles. The molecule has 0 amide bonds. The van der Waals surface area contributed by atoms with Crippen LogP contribution in [-0.2, 0) is 13.0 Å². The zero-order chi connectivity index (χ0) is 20.4. The SMILES string of the molecule is Cc1cc(OCc2noc(=O)[nH]2)c(F)c(C)c1Cc1ccc(O)c(C(C)C)n1. The van der Waals surface area contributed by atoms with Crippen molar-refractivity contribution < 1.29 is 18.8 Å². The fourth-order valence-electron chi connectivity index (χ4n) is 3.02. The number of H-pyrrole nitrogens is 1. The van der Waals surface area contributed by atoms with Gasteiger partial charge in [-0.2, -0.15) is 0 Å². The van der Waals surface area contributed by atoms with E-state index in [0.717, 1.165) is 16.8 Å². The van der Waals surface area contributed by atoms with Crippen LogP contribution in [0.1, 0.15) is 53.7 Å². The van der Waals surface area contributed by atoms with Crippen molar-refractivity contribution in [2.75, 3.05) is 0 Å². The normalized spacial score (nSPS) is 11.2. The van der Waals surface area contributed by atoms with Gasteiger partial charge >= 0.3 is 5.76 Å². The van der Waals surface area contributed by atoms with Crippen molar-refractivity contribution in [3.63, 3.8) is 0 Å². The molecule has 0 bridgehead atoms. The Morgan fingerprint density at radius 2 is 2.07 bits per heavy atom. The van der Waals surface area contributed by atoms with Crippen LogP contribution >= 0.6 is 0 Å². The van der Waals surface area contributed by atoms with Gasteiger partial charge in [-0.15, -0.1) is 0 Å². The Kier molecular flexibility index (Phi) is 5.48. The highest BCUT2D eigenvalue weighted by Gasteiger charge is 2.17. The molecule has 0 atom stereocenters. The summed E-state index contributed by atoms with van der Waals surface area (Å²) in [6.07, 6.45) is 0.436. The number of nitrogens with one attached hydrogen (secondary N) is 1. The minimum atomic E-state index is -0.691. The maximum Gasteiger partial charge on any atom is 0.439 e. The Morgan fingerprint density at radius 1 is 1.32 bits per heavy atom. The maximum absolute atomic E-state index is 14.8. The second-order valence-electron chi connectivity index (χ2n) is 6.98. The molecule has 28 heavy (non-hydrogen) atoms. The first-order valence-corrected chi connectivity index (χ1v) is 8.91. The quantitative estimate of drug-likeness (QED) is 0.671. The summed E-state index contributed by atoms with van der Waals surface area (Å²) in [5.74, 6) is -0.675. The lowest BCUT2D eigenvalue weighted by molar-refractivity contribution is 0.271. The summed E-state index contributed by atoms with van der Waals surface area (Å²) in [5.41, 5.74) is 3.50. The largest absolute Gasteiger partial charge is 0.506 e. The fraction of sp³-hybridized carbons (Fsp3) is 0.350. The van der Waals surface area contributed by atoms with E-state index in [9.17, 15) is 14.3 Å². The zero-order valence-corrected chi connectivity index (χ0v) is 16.2. The molecule has 0 aliphatic heterocycles. The first-order chi connectivity index (χ1) is 13.3. The summed E-state index contributed by atoms with van der Waals surface area (Å²) < 4.78 is 24.7. The van der Waals surface area contributed by atoms with E-state index in [4.69, 9.17) is 4.74 Å². The van der Waals surface area contributed by atoms with Gasteiger partial charge in [0, 0.05) is 12.1 Å². The van der Waals surface area contributed by atoms with Crippen LogP contribution in [0.15, 0.2) is 27.5 Å². The van der Waals surface area contributed by atoms with Crippen LogP contribution in [0.2, 0.25) is 0 Å². The Bertz CT molecular complexity index is 1060. The third kappa shape index (κ3) is 4.05. The molecule has 2 N–H and O–H groups in total. The van der Waals surface area contributed by atoms with Crippen molar-refractivity contribution in [2.24, 2.45) is 0 Å². The molecular weight excluding hydrogens is 365 g/mol. The molecule has 0 spiro atoms. The predicted octanol–water partition coefficient (Wildman–Crippen LogP) is 3.51. The first-order valence-electron chi connectivity index (χ1n) is 8.91. The van der Waals surface area contributed by atoms with E-state index in [-0.39, 0.29) is 29.8 Å². The van der Waals surface area contributed by atoms with Crippen molar-refractivity contribution in [1.29, 1.82) is 0 Å². The lowest BCUT2D eigenvalue weighted by Gasteiger charge is -2.16. The van der Waals surface area contributed by atoms with Crippen molar-refractivity contribution in [3.05, 3.63) is 68.5 Å². The average molecular weight is 387 g/mol. The Balaban J connectivity index is 1.86. The van der Waals surface area contributed by atoms with Gasteiger partial charge in [-0.05, 0) is 54.7 Å². The molecular formula is C20H22FN3O4. The molecule has 0 unspecified atom stereocenters. The van der Waals surface area contributed by atoms with Crippen LogP contribution < -0.4 is 10.5 Å². The summed E-state index contributed by atoms with van der Waals surface area (Å²) in [7, 11) is 0. The molecule has 0 saturated carbocycles. The lowest BCUT2D eigenvalue weighted by atomic mass is 9.96. The molecule has 0 aliphatic rings. The van der Waals surface area contributed by atoms with Crippen LogP contribution in [0.5, 0.6) is 11.5 Å². The number of halogens is 1. The molecule has 148 valence electrons. The van der Waals surface area contributed by atoms with Gasteiger partial charge in [-0.1, -0.05) is 19.0 Å². The number of pyridine rings is 1. The molecule has 7 nitrogen and oxygen atoms in total. The number of aromatic amines is 1. The minimum Gasteiger partial charge on any atom is -0.506 e. The smallest absolute Gasteiger partial charge is 0.439 e. The van der Waals surface area contributed by atoms with E-state index >= 15 is 0 Å². The predicted molar refractivity (Wildman–Crippen MR) is 100 cm³/mol. The van der Waals surface area contributed by atoms with Crippen LogP contribution in [0.4, 0.5) is 4.39 Å². The van der Waals surface area contributed by atoms with E-state index in [2.05, 4.69) is 19.6 Å². The van der Waals surface area contributed by atoms with Crippen molar-refractivity contribution in [3.8, 4) is 11.5 Å². The first kappa shape index (κ1) is 19.6. The molecule has 3 rings (SSSR count). The highest BCUT2D eigenvalue weighted by molar-refractivity contribution is 5.45. The summed E-state index contributed by atoms with van der Waals surface area (Å²) >= 11 is 0. The van der Waals surface area contributed by atoms with Crippen LogP contribution in [0.3, 0.4) is 0 Å². The van der Waals surface area contributed by atoms with E-state index in [1.165, 1.54) is 0 Å². The topological polar surface area (TPSA) is 101 Å². The molecule has 8 heteroatoms. The lowest BCUT2D eigenvalue weighted by Crippen LogP contribution is -2.06. The summed E-state index contributed by atoms with van der Waals surface area (Å²) in [6.45, 7) is 7.35. The van der Waals surface area contributed by atoms with Crippen molar-refractivity contribution >= 4 is 0 Å². The van der Waals surface area contributed by atoms with E-state index in [0.29, 0.717) is 17.7 Å². The van der Waals surface area contributed by atoms with E-state index < -0.39 is 11.6 Å². The second kappa shape index (κ2) is 7.84. The molecule has 0 saturated heterocycles. The molecule has 1 aromatic carbocycles. The average Bonchev–Trinajstić information content (AvgIpc) is 3.07. The van der Waals surface area contributed by atoms with Crippen LogP contribution in [0.25, 0.3) is 0 Å². The number of rotatable bonds is 6.